The number of carboxylic acids is 1. The van der Waals surface area contributed by atoms with E-state index in [9.17, 15) is 4.79 Å². The van der Waals surface area contributed by atoms with Crippen molar-refractivity contribution >= 4 is 23.0 Å². The van der Waals surface area contributed by atoms with Crippen LogP contribution >= 0.6 is 11.3 Å². The summed E-state index contributed by atoms with van der Waals surface area (Å²) in [6.07, 6.45) is 1.89. The fraction of sp³-hybridized carbons (Fsp3) is 0.286. The molecule has 0 amide bonds. The number of anilines is 1. The number of para-hydroxylation sites is 1. The van der Waals surface area contributed by atoms with Crippen LogP contribution in [0.5, 0.6) is 0 Å². The van der Waals surface area contributed by atoms with Gasteiger partial charge in [-0.05, 0) is 19.1 Å². The molecule has 0 radical (unpaired) electrons. The van der Waals surface area contributed by atoms with Crippen LogP contribution in [-0.4, -0.2) is 22.6 Å². The number of carboxylic acid groups (broad SMARTS) is 1. The summed E-state index contributed by atoms with van der Waals surface area (Å²) in [7, 11) is 0. The Morgan fingerprint density at radius 1 is 1.42 bits per heavy atom. The molecule has 0 aliphatic rings. The topological polar surface area (TPSA) is 53.4 Å². The van der Waals surface area contributed by atoms with Crippen LogP contribution in [0.4, 0.5) is 5.69 Å². The summed E-state index contributed by atoms with van der Waals surface area (Å²) in [4.78, 5) is 17.2. The van der Waals surface area contributed by atoms with E-state index in [0.717, 1.165) is 10.7 Å². The van der Waals surface area contributed by atoms with Crippen LogP contribution in [0.3, 0.4) is 0 Å². The largest absolute Gasteiger partial charge is 0.481 e. The molecule has 0 aliphatic carbocycles. The van der Waals surface area contributed by atoms with Crippen molar-refractivity contribution in [3.05, 3.63) is 46.9 Å². The number of thiazole rings is 1. The Kier molecular flexibility index (Phi) is 4.52. The molecule has 2 rings (SSSR count). The Labute approximate surface area is 116 Å². The smallest absolute Gasteiger partial charge is 0.305 e. The average molecular weight is 276 g/mol. The number of hydrogen-bond acceptors (Lipinski definition) is 4. The second-order valence-electron chi connectivity index (χ2n) is 4.22. The maximum atomic E-state index is 10.8. The van der Waals surface area contributed by atoms with Gasteiger partial charge in [-0.25, -0.2) is 4.98 Å². The highest BCUT2D eigenvalue weighted by molar-refractivity contribution is 7.09. The normalized spacial score (nSPS) is 12.1. The zero-order valence-electron chi connectivity index (χ0n) is 10.7. The quantitative estimate of drug-likeness (QED) is 0.880. The van der Waals surface area contributed by atoms with Gasteiger partial charge < -0.3 is 10.0 Å². The maximum Gasteiger partial charge on any atom is 0.305 e. The molecule has 0 aliphatic heterocycles. The van der Waals surface area contributed by atoms with Crippen molar-refractivity contribution in [2.45, 2.75) is 19.4 Å². The highest BCUT2D eigenvalue weighted by Gasteiger charge is 2.19. The highest BCUT2D eigenvalue weighted by atomic mass is 32.1. The zero-order valence-corrected chi connectivity index (χ0v) is 11.5. The molecule has 1 unspecified atom stereocenters. The van der Waals surface area contributed by atoms with Crippen molar-refractivity contribution in [2.24, 2.45) is 0 Å². The lowest BCUT2D eigenvalue weighted by Gasteiger charge is -2.29. The van der Waals surface area contributed by atoms with Gasteiger partial charge in [0.25, 0.3) is 0 Å². The number of benzene rings is 1. The van der Waals surface area contributed by atoms with Crippen molar-refractivity contribution < 1.29 is 9.90 Å². The first-order valence-electron chi connectivity index (χ1n) is 6.11. The molecule has 5 heteroatoms. The van der Waals surface area contributed by atoms with Gasteiger partial charge in [-0.3, -0.25) is 4.79 Å². The second kappa shape index (κ2) is 6.33. The lowest BCUT2D eigenvalue weighted by molar-refractivity contribution is -0.136. The summed E-state index contributed by atoms with van der Waals surface area (Å²) in [6, 6.07) is 9.92. The fourth-order valence-corrected chi connectivity index (χ4v) is 2.66. The number of hydrogen-bond donors (Lipinski definition) is 1. The Bertz CT molecular complexity index is 514. The van der Waals surface area contributed by atoms with Gasteiger partial charge in [-0.15, -0.1) is 11.3 Å². The van der Waals surface area contributed by atoms with Crippen molar-refractivity contribution in [1.29, 1.82) is 0 Å². The molecular weight excluding hydrogens is 260 g/mol. The monoisotopic (exact) mass is 276 g/mol. The molecule has 1 atom stereocenters. The third-order valence-corrected chi connectivity index (χ3v) is 3.88. The van der Waals surface area contributed by atoms with Gasteiger partial charge >= 0.3 is 5.97 Å². The average Bonchev–Trinajstić information content (AvgIpc) is 2.93. The zero-order chi connectivity index (χ0) is 13.7. The molecule has 0 fully saturated rings. The Balaban J connectivity index is 2.21. The van der Waals surface area contributed by atoms with Crippen LogP contribution in [0.15, 0.2) is 41.9 Å². The summed E-state index contributed by atoms with van der Waals surface area (Å²) in [6.45, 7) is 2.52. The lowest BCUT2D eigenvalue weighted by atomic mass is 10.2. The van der Waals surface area contributed by atoms with E-state index in [4.69, 9.17) is 5.11 Å². The van der Waals surface area contributed by atoms with Crippen LogP contribution in [0.2, 0.25) is 0 Å². The Hall–Kier alpha value is -1.88. The van der Waals surface area contributed by atoms with Crippen LogP contribution in [0, 0.1) is 0 Å². The molecule has 1 heterocycles. The summed E-state index contributed by atoms with van der Waals surface area (Å²) >= 11 is 1.59. The minimum Gasteiger partial charge on any atom is -0.481 e. The third-order valence-electron chi connectivity index (χ3n) is 2.93. The van der Waals surface area contributed by atoms with Gasteiger partial charge in [0.1, 0.15) is 5.01 Å². The van der Waals surface area contributed by atoms with E-state index >= 15 is 0 Å². The predicted molar refractivity (Wildman–Crippen MR) is 76.6 cm³/mol. The maximum absolute atomic E-state index is 10.8. The van der Waals surface area contributed by atoms with E-state index in [0.29, 0.717) is 6.54 Å². The summed E-state index contributed by atoms with van der Waals surface area (Å²) in [5.74, 6) is -0.785. The molecule has 0 saturated heterocycles. The summed E-state index contributed by atoms with van der Waals surface area (Å²) in [5.41, 5.74) is 1.02. The standard InChI is InChI=1S/C14H16N2O2S/c1-11(14-15-8-10-19-14)16(9-7-13(17)18)12-5-3-2-4-6-12/h2-6,8,10-11H,7,9H2,1H3,(H,17,18). The molecule has 1 aromatic heterocycles. The third kappa shape index (κ3) is 3.54. The number of nitrogens with zero attached hydrogens (tertiary/aromatic N) is 2. The lowest BCUT2D eigenvalue weighted by Crippen LogP contribution is -2.29. The van der Waals surface area contributed by atoms with Gasteiger partial charge in [0.05, 0.1) is 12.5 Å². The van der Waals surface area contributed by atoms with Gasteiger partial charge in [-0.2, -0.15) is 0 Å². The molecule has 1 aromatic carbocycles. The van der Waals surface area contributed by atoms with Crippen molar-refractivity contribution in [1.82, 2.24) is 4.98 Å². The van der Waals surface area contributed by atoms with Gasteiger partial charge in [0.2, 0.25) is 0 Å². The highest BCUT2D eigenvalue weighted by Crippen LogP contribution is 2.27. The Morgan fingerprint density at radius 2 is 2.16 bits per heavy atom. The molecule has 0 spiro atoms. The first-order chi connectivity index (χ1) is 9.18. The van der Waals surface area contributed by atoms with E-state index in [-0.39, 0.29) is 12.5 Å². The van der Waals surface area contributed by atoms with E-state index in [1.54, 1.807) is 17.5 Å². The molecule has 0 saturated carbocycles. The molecule has 19 heavy (non-hydrogen) atoms. The number of aliphatic carboxylic acids is 1. The molecular formula is C14H16N2O2S. The van der Waals surface area contributed by atoms with Crippen LogP contribution in [0.25, 0.3) is 0 Å². The van der Waals surface area contributed by atoms with E-state index in [1.807, 2.05) is 42.6 Å². The van der Waals surface area contributed by atoms with Crippen LogP contribution in [-0.2, 0) is 4.79 Å². The SMILES string of the molecule is CC(c1nccs1)N(CCC(=O)O)c1ccccc1. The number of rotatable bonds is 6. The first-order valence-corrected chi connectivity index (χ1v) is 6.99. The number of aromatic nitrogens is 1. The molecule has 2 aromatic rings. The predicted octanol–water partition coefficient (Wildman–Crippen LogP) is 3.19. The molecule has 1 N–H and O–H groups in total. The minimum absolute atomic E-state index is 0.0711. The van der Waals surface area contributed by atoms with Gasteiger partial charge in [0.15, 0.2) is 0 Å². The van der Waals surface area contributed by atoms with Crippen LogP contribution in [0.1, 0.15) is 24.4 Å². The molecule has 4 nitrogen and oxygen atoms in total. The van der Waals surface area contributed by atoms with Crippen molar-refractivity contribution in [2.75, 3.05) is 11.4 Å². The van der Waals surface area contributed by atoms with Gasteiger partial charge in [0, 0.05) is 23.8 Å². The summed E-state index contributed by atoms with van der Waals surface area (Å²) in [5, 5.41) is 11.8. The Morgan fingerprint density at radius 3 is 2.74 bits per heavy atom. The van der Waals surface area contributed by atoms with E-state index < -0.39 is 5.97 Å². The van der Waals surface area contributed by atoms with Crippen molar-refractivity contribution in [3.8, 4) is 0 Å². The van der Waals surface area contributed by atoms with E-state index in [2.05, 4.69) is 9.88 Å². The molecule has 0 bridgehead atoms. The minimum atomic E-state index is -0.785. The summed E-state index contributed by atoms with van der Waals surface area (Å²) < 4.78 is 0. The van der Waals surface area contributed by atoms with Crippen LogP contribution < -0.4 is 4.90 Å². The first kappa shape index (κ1) is 13.5. The van der Waals surface area contributed by atoms with Crippen molar-refractivity contribution in [3.63, 3.8) is 0 Å². The second-order valence-corrected chi connectivity index (χ2v) is 5.15. The number of carbonyl (C=O) groups is 1. The molecule has 100 valence electrons. The van der Waals surface area contributed by atoms with E-state index in [1.165, 1.54) is 0 Å². The van der Waals surface area contributed by atoms with Gasteiger partial charge in [-0.1, -0.05) is 18.2 Å². The fourth-order valence-electron chi connectivity index (χ4n) is 1.96.